The van der Waals surface area contributed by atoms with Gasteiger partial charge in [0.2, 0.25) is 5.91 Å². The molecular weight excluding hydrogens is 184 g/mol. The fourth-order valence-corrected chi connectivity index (χ4v) is 2.10. The number of hydrogen-bond acceptors (Lipinski definition) is 3. The molecule has 1 aromatic heterocycles. The molecule has 1 unspecified atom stereocenters. The third kappa shape index (κ3) is 1.67. The number of anilines is 1. The first-order valence-corrected chi connectivity index (χ1v) is 5.25. The van der Waals surface area contributed by atoms with E-state index >= 15 is 0 Å². The third-order valence-corrected chi connectivity index (χ3v) is 2.97. The fraction of sp³-hybridized carbons (Fsp3) is 0.444. The fourth-order valence-electron chi connectivity index (χ4n) is 1.50. The minimum absolute atomic E-state index is 0.0143. The largest absolute Gasteiger partial charge is 0.373 e. The van der Waals surface area contributed by atoms with E-state index in [4.69, 9.17) is 0 Å². The van der Waals surface area contributed by atoms with Crippen molar-refractivity contribution in [2.24, 2.45) is 0 Å². The van der Waals surface area contributed by atoms with Gasteiger partial charge in [-0.25, -0.2) is 0 Å². The molecule has 70 valence electrons. The lowest BCUT2D eigenvalue weighted by Gasteiger charge is -2.11. The molecule has 0 radical (unpaired) electrons. The van der Waals surface area contributed by atoms with Crippen LogP contribution in [0.15, 0.2) is 16.8 Å². The van der Waals surface area contributed by atoms with E-state index < -0.39 is 0 Å². The monoisotopic (exact) mass is 196 g/mol. The second-order valence-electron chi connectivity index (χ2n) is 3.26. The van der Waals surface area contributed by atoms with Gasteiger partial charge in [0.1, 0.15) is 6.04 Å². The number of likely N-dealkylation sites (tertiary alicyclic amines) is 1. The van der Waals surface area contributed by atoms with Gasteiger partial charge in [0, 0.05) is 24.7 Å². The molecule has 1 amide bonds. The molecule has 1 N–H and O–H groups in total. The Morgan fingerprint density at radius 3 is 3.08 bits per heavy atom. The highest BCUT2D eigenvalue weighted by Crippen LogP contribution is 2.17. The highest BCUT2D eigenvalue weighted by Gasteiger charge is 2.28. The van der Waals surface area contributed by atoms with E-state index in [0.717, 1.165) is 18.7 Å². The Bertz CT molecular complexity index is 297. The van der Waals surface area contributed by atoms with E-state index in [2.05, 4.69) is 5.32 Å². The summed E-state index contributed by atoms with van der Waals surface area (Å²) in [6.45, 7) is 0.862. The molecule has 3 nitrogen and oxygen atoms in total. The molecule has 0 aliphatic carbocycles. The van der Waals surface area contributed by atoms with Crippen molar-refractivity contribution in [3.05, 3.63) is 16.8 Å². The minimum atomic E-state index is -0.0143. The van der Waals surface area contributed by atoms with Crippen LogP contribution in [-0.2, 0) is 4.79 Å². The molecule has 1 aliphatic heterocycles. The molecule has 4 heteroatoms. The number of amides is 1. The summed E-state index contributed by atoms with van der Waals surface area (Å²) in [6.07, 6.45) is 0.908. The molecule has 0 spiro atoms. The van der Waals surface area contributed by atoms with E-state index in [0.29, 0.717) is 0 Å². The Hall–Kier alpha value is -1.03. The summed E-state index contributed by atoms with van der Waals surface area (Å²) in [5, 5.41) is 7.25. The van der Waals surface area contributed by atoms with Crippen LogP contribution in [0, 0.1) is 0 Å². The second-order valence-corrected chi connectivity index (χ2v) is 4.04. The molecule has 0 bridgehead atoms. The molecular formula is C9H12N2OS. The number of nitrogens with one attached hydrogen (secondary N) is 1. The Balaban J connectivity index is 2.00. The zero-order valence-corrected chi connectivity index (χ0v) is 8.30. The Morgan fingerprint density at radius 2 is 2.54 bits per heavy atom. The second kappa shape index (κ2) is 3.38. The van der Waals surface area contributed by atoms with Crippen molar-refractivity contribution in [3.8, 4) is 0 Å². The first kappa shape index (κ1) is 8.56. The topological polar surface area (TPSA) is 32.3 Å². The van der Waals surface area contributed by atoms with E-state index in [1.54, 1.807) is 16.2 Å². The number of carbonyl (C=O) groups excluding carboxylic acids is 1. The maximum atomic E-state index is 11.5. The summed E-state index contributed by atoms with van der Waals surface area (Å²) in [4.78, 5) is 13.3. The van der Waals surface area contributed by atoms with Crippen LogP contribution in [-0.4, -0.2) is 30.4 Å². The van der Waals surface area contributed by atoms with Gasteiger partial charge in [-0.15, -0.1) is 0 Å². The molecule has 1 atom stereocenters. The van der Waals surface area contributed by atoms with Gasteiger partial charge in [0.25, 0.3) is 0 Å². The summed E-state index contributed by atoms with van der Waals surface area (Å²) in [5.41, 5.74) is 1.05. The average Bonchev–Trinajstić information content (AvgIpc) is 2.71. The molecule has 0 saturated carbocycles. The standard InChI is InChI=1S/C9H12N2OS/c1-11-4-2-8(9(11)12)10-7-3-5-13-6-7/h3,5-6,8,10H,2,4H2,1H3. The molecule has 1 aromatic rings. The number of thiophene rings is 1. The van der Waals surface area contributed by atoms with Crippen LogP contribution < -0.4 is 5.32 Å². The van der Waals surface area contributed by atoms with Gasteiger partial charge in [-0.2, -0.15) is 11.3 Å². The lowest BCUT2D eigenvalue weighted by Crippen LogP contribution is -2.30. The number of hydrogen-bond donors (Lipinski definition) is 1. The van der Waals surface area contributed by atoms with E-state index in [1.807, 2.05) is 23.9 Å². The zero-order chi connectivity index (χ0) is 9.26. The van der Waals surface area contributed by atoms with Crippen LogP contribution in [0.4, 0.5) is 5.69 Å². The number of likely N-dealkylation sites (N-methyl/N-ethyl adjacent to an activating group) is 1. The Morgan fingerprint density at radius 1 is 1.69 bits per heavy atom. The highest BCUT2D eigenvalue weighted by molar-refractivity contribution is 7.08. The van der Waals surface area contributed by atoms with Gasteiger partial charge in [0.05, 0.1) is 0 Å². The van der Waals surface area contributed by atoms with Crippen molar-refractivity contribution in [2.45, 2.75) is 12.5 Å². The van der Waals surface area contributed by atoms with Crippen molar-refractivity contribution < 1.29 is 4.79 Å². The molecule has 1 aliphatic rings. The molecule has 2 heterocycles. The Labute approximate surface area is 81.4 Å². The van der Waals surface area contributed by atoms with Crippen molar-refractivity contribution in [3.63, 3.8) is 0 Å². The van der Waals surface area contributed by atoms with Gasteiger partial charge >= 0.3 is 0 Å². The average molecular weight is 196 g/mol. The van der Waals surface area contributed by atoms with Gasteiger partial charge in [-0.05, 0) is 17.9 Å². The molecule has 13 heavy (non-hydrogen) atoms. The maximum absolute atomic E-state index is 11.5. The van der Waals surface area contributed by atoms with E-state index in [-0.39, 0.29) is 11.9 Å². The first-order valence-electron chi connectivity index (χ1n) is 4.31. The minimum Gasteiger partial charge on any atom is -0.373 e. The van der Waals surface area contributed by atoms with Crippen LogP contribution >= 0.6 is 11.3 Å². The number of rotatable bonds is 2. The smallest absolute Gasteiger partial charge is 0.244 e. The first-order chi connectivity index (χ1) is 6.27. The van der Waals surface area contributed by atoms with Crippen LogP contribution in [0.5, 0.6) is 0 Å². The normalized spacial score (nSPS) is 22.4. The summed E-state index contributed by atoms with van der Waals surface area (Å²) in [6, 6.07) is 1.98. The van der Waals surface area contributed by atoms with Gasteiger partial charge in [0.15, 0.2) is 0 Å². The number of nitrogens with zero attached hydrogens (tertiary/aromatic N) is 1. The quantitative estimate of drug-likeness (QED) is 0.775. The van der Waals surface area contributed by atoms with Crippen molar-refractivity contribution in [1.29, 1.82) is 0 Å². The molecule has 1 fully saturated rings. The van der Waals surface area contributed by atoms with Gasteiger partial charge in [-0.1, -0.05) is 0 Å². The van der Waals surface area contributed by atoms with Crippen LogP contribution in [0.25, 0.3) is 0 Å². The van der Waals surface area contributed by atoms with Gasteiger partial charge < -0.3 is 10.2 Å². The van der Waals surface area contributed by atoms with Crippen molar-refractivity contribution >= 4 is 22.9 Å². The van der Waals surface area contributed by atoms with Crippen LogP contribution in [0.2, 0.25) is 0 Å². The molecule has 1 saturated heterocycles. The zero-order valence-electron chi connectivity index (χ0n) is 7.49. The predicted molar refractivity (Wildman–Crippen MR) is 54.0 cm³/mol. The van der Waals surface area contributed by atoms with Crippen molar-refractivity contribution in [2.75, 3.05) is 18.9 Å². The van der Waals surface area contributed by atoms with Gasteiger partial charge in [-0.3, -0.25) is 4.79 Å². The molecule has 2 rings (SSSR count). The maximum Gasteiger partial charge on any atom is 0.244 e. The van der Waals surface area contributed by atoms with Crippen LogP contribution in [0.3, 0.4) is 0 Å². The summed E-state index contributed by atoms with van der Waals surface area (Å²) in [7, 11) is 1.84. The highest BCUT2D eigenvalue weighted by atomic mass is 32.1. The lowest BCUT2D eigenvalue weighted by atomic mass is 10.2. The summed E-state index contributed by atoms with van der Waals surface area (Å²) >= 11 is 1.64. The number of carbonyl (C=O) groups is 1. The Kier molecular flexibility index (Phi) is 2.22. The van der Waals surface area contributed by atoms with Crippen LogP contribution in [0.1, 0.15) is 6.42 Å². The lowest BCUT2D eigenvalue weighted by molar-refractivity contribution is -0.127. The molecule has 0 aromatic carbocycles. The van der Waals surface area contributed by atoms with E-state index in [9.17, 15) is 4.79 Å². The van der Waals surface area contributed by atoms with E-state index in [1.165, 1.54) is 0 Å². The summed E-state index contributed by atoms with van der Waals surface area (Å²) in [5.74, 6) is 0.200. The SMILES string of the molecule is CN1CCC(Nc2ccsc2)C1=O. The third-order valence-electron chi connectivity index (χ3n) is 2.29. The predicted octanol–water partition coefficient (Wildman–Crippen LogP) is 1.39. The summed E-state index contributed by atoms with van der Waals surface area (Å²) < 4.78 is 0. The van der Waals surface area contributed by atoms with Crippen molar-refractivity contribution in [1.82, 2.24) is 4.90 Å².